The third-order valence-corrected chi connectivity index (χ3v) is 12.7. The van der Waals surface area contributed by atoms with Gasteiger partial charge in [0, 0.05) is 36.9 Å². The van der Waals surface area contributed by atoms with Crippen LogP contribution in [0.4, 0.5) is 4.79 Å². The maximum absolute atomic E-state index is 15.3. The maximum Gasteiger partial charge on any atom is 0.338 e. The standard InChI is InChI=1S/C42H55NO15S/c1-20(2)17-25(43-37(51)59-38(6,7)8)30(47)36(50)54-26-19-41(52)34(55-35(49)24-15-13-12-14-16-24)32-40(11,27(46)18-28-42(32,58-57-28)56-23(5)45)33(48)31(53-22(4)44)29(21(26)3)39(41,9)10/h12-17,25-28,30-32,34,46-47,52H,18-19H2,1-11H3,(H,43,51)/t25-,26-,27-,28+,30+,31+,32-,34-,40+,41+,42+/m0/s1. The van der Waals surface area contributed by atoms with Crippen LogP contribution in [0.1, 0.15) is 99.4 Å². The van der Waals surface area contributed by atoms with E-state index in [-0.39, 0.29) is 23.1 Å². The zero-order valence-electron chi connectivity index (χ0n) is 35.1. The van der Waals surface area contributed by atoms with Crippen LogP contribution in [0.5, 0.6) is 0 Å². The van der Waals surface area contributed by atoms with Crippen LogP contribution in [0.3, 0.4) is 0 Å². The van der Waals surface area contributed by atoms with Gasteiger partial charge in [0.15, 0.2) is 24.1 Å². The predicted octanol–water partition coefficient (Wildman–Crippen LogP) is 4.03. The van der Waals surface area contributed by atoms with Gasteiger partial charge in [0.2, 0.25) is 0 Å². The van der Waals surface area contributed by atoms with Crippen molar-refractivity contribution in [3.63, 3.8) is 0 Å². The van der Waals surface area contributed by atoms with Crippen LogP contribution >= 0.6 is 11.8 Å². The number of carbonyl (C=O) groups is 6. The topological polar surface area (TPSA) is 231 Å². The molecule has 0 unspecified atom stereocenters. The first-order valence-electron chi connectivity index (χ1n) is 19.4. The number of benzene rings is 1. The van der Waals surface area contributed by atoms with Crippen molar-refractivity contribution in [2.45, 2.75) is 148 Å². The number of Topliss-reactive ketones (excluding diaryl/α,β-unsaturated/α-hetero) is 1. The Morgan fingerprint density at radius 1 is 0.983 bits per heavy atom. The van der Waals surface area contributed by atoms with Gasteiger partial charge in [-0.05, 0) is 51.0 Å². The fraction of sp³-hybridized carbons (Fsp3) is 0.619. The lowest BCUT2D eigenvalue weighted by Crippen LogP contribution is -2.81. The Morgan fingerprint density at radius 3 is 2.14 bits per heavy atom. The van der Waals surface area contributed by atoms with Crippen molar-refractivity contribution in [3.8, 4) is 0 Å². The Bertz CT molecular complexity index is 1940. The summed E-state index contributed by atoms with van der Waals surface area (Å²) in [5.41, 5.74) is -5.50. The molecule has 0 radical (unpaired) electrons. The van der Waals surface area contributed by atoms with Crippen LogP contribution in [0.25, 0.3) is 0 Å². The number of nitrogens with one attached hydrogen (secondary N) is 1. The first kappa shape index (κ1) is 45.9. The summed E-state index contributed by atoms with van der Waals surface area (Å²) in [6.45, 7) is 16.9. The van der Waals surface area contributed by atoms with Crippen molar-refractivity contribution < 1.29 is 72.8 Å². The number of hydrogen-bond acceptors (Lipinski definition) is 16. The smallest absolute Gasteiger partial charge is 0.338 e. The average Bonchev–Trinajstić information content (AvgIpc) is 3.11. The Hall–Kier alpha value is -4.13. The summed E-state index contributed by atoms with van der Waals surface area (Å²) in [5.74, 6) is -8.96. The van der Waals surface area contributed by atoms with Crippen LogP contribution in [-0.4, -0.2) is 109 Å². The first-order chi connectivity index (χ1) is 27.2. The van der Waals surface area contributed by atoms with Gasteiger partial charge >= 0.3 is 23.9 Å². The van der Waals surface area contributed by atoms with E-state index in [1.54, 1.807) is 32.0 Å². The normalized spacial score (nSPS) is 33.2. The number of ether oxygens (including phenoxy) is 4. The van der Waals surface area contributed by atoms with Crippen molar-refractivity contribution >= 4 is 46.7 Å². The molecule has 1 heterocycles. The number of esters is 4. The van der Waals surface area contributed by atoms with Gasteiger partial charge in [-0.2, -0.15) is 4.89 Å². The van der Waals surface area contributed by atoms with Gasteiger partial charge in [-0.1, -0.05) is 76.2 Å². The molecule has 3 fully saturated rings. The fourth-order valence-corrected chi connectivity index (χ4v) is 9.69. The largest absolute Gasteiger partial charge is 0.456 e. The summed E-state index contributed by atoms with van der Waals surface area (Å²) in [4.78, 5) is 93.2. The number of carbonyl (C=O) groups excluding carboxylic acids is 6. The van der Waals surface area contributed by atoms with Gasteiger partial charge in [0.1, 0.15) is 17.8 Å². The maximum atomic E-state index is 15.3. The van der Waals surface area contributed by atoms with Crippen LogP contribution in [0.15, 0.2) is 53.1 Å². The van der Waals surface area contributed by atoms with E-state index in [1.165, 1.54) is 45.9 Å². The van der Waals surface area contributed by atoms with Gasteiger partial charge in [-0.3, -0.25) is 19.2 Å². The molecule has 59 heavy (non-hydrogen) atoms. The average molecular weight is 846 g/mol. The van der Waals surface area contributed by atoms with Crippen molar-refractivity contribution in [3.05, 3.63) is 58.7 Å². The van der Waals surface area contributed by atoms with Crippen molar-refractivity contribution in [1.82, 2.24) is 5.32 Å². The Balaban J connectivity index is 1.73. The molecular weight excluding hydrogens is 791 g/mol. The Morgan fingerprint density at radius 2 is 1.61 bits per heavy atom. The molecule has 0 aromatic heterocycles. The Labute approximate surface area is 347 Å². The van der Waals surface area contributed by atoms with Crippen molar-refractivity contribution in [1.29, 1.82) is 0 Å². The molecule has 3 aliphatic carbocycles. The number of thioether (sulfide) groups is 1. The predicted molar refractivity (Wildman–Crippen MR) is 210 cm³/mol. The van der Waals surface area contributed by atoms with Crippen LogP contribution in [0, 0.1) is 16.7 Å². The molecule has 2 bridgehead atoms. The molecule has 1 saturated heterocycles. The van der Waals surface area contributed by atoms with Gasteiger partial charge in [0.05, 0.1) is 29.0 Å². The number of amides is 1. The summed E-state index contributed by atoms with van der Waals surface area (Å²) in [6.07, 6.45) is -9.56. The molecule has 1 aromatic rings. The highest BCUT2D eigenvalue weighted by Gasteiger charge is 2.80. The van der Waals surface area contributed by atoms with Gasteiger partial charge in [0.25, 0.3) is 11.0 Å². The third kappa shape index (κ3) is 8.33. The van der Waals surface area contributed by atoms with Gasteiger partial charge in [-0.25, -0.2) is 14.5 Å². The summed E-state index contributed by atoms with van der Waals surface area (Å²) in [7, 11) is 0. The number of aliphatic hydroxyl groups excluding tert-OH is 2. The van der Waals surface area contributed by atoms with E-state index in [1.807, 2.05) is 20.8 Å². The molecule has 11 atom stereocenters. The summed E-state index contributed by atoms with van der Waals surface area (Å²) in [5, 5.41) is 39.1. The zero-order chi connectivity index (χ0) is 44.2. The van der Waals surface area contributed by atoms with Gasteiger partial charge in [-0.15, -0.1) is 0 Å². The Kier molecular flexibility index (Phi) is 12.8. The van der Waals surface area contributed by atoms with Crippen LogP contribution < -0.4 is 5.32 Å². The highest BCUT2D eigenvalue weighted by atomic mass is 32.2. The molecule has 16 nitrogen and oxygen atoms in total. The van der Waals surface area contributed by atoms with E-state index in [0.29, 0.717) is 5.57 Å². The zero-order valence-corrected chi connectivity index (χ0v) is 36.0. The lowest BCUT2D eigenvalue weighted by Gasteiger charge is -2.66. The quantitative estimate of drug-likeness (QED) is 0.119. The second-order valence-corrected chi connectivity index (χ2v) is 19.5. The molecule has 1 aromatic carbocycles. The SMILES string of the molecule is CC(=O)O[C@H]1C(=O)[C@@]2(C)[C@H]([C@H](OC(=O)c3ccccc3)[C@]3(O)C[C@H](OC(=O)[C@H](O)[C@H](C=C(C)C)NC(=O)SC(C)(C)C)C(C)=C1C3(C)C)[C@]1(OC(C)=O)OO[C@@H]1C[C@@H]2O. The van der Waals surface area contributed by atoms with E-state index in [0.717, 1.165) is 25.6 Å². The van der Waals surface area contributed by atoms with Crippen molar-refractivity contribution in [2.75, 3.05) is 0 Å². The van der Waals surface area contributed by atoms with E-state index in [4.69, 9.17) is 28.7 Å². The number of aliphatic hydroxyl groups is 3. The molecule has 1 amide bonds. The van der Waals surface area contributed by atoms with E-state index < -0.39 is 117 Å². The third-order valence-electron chi connectivity index (χ3n) is 11.8. The minimum Gasteiger partial charge on any atom is -0.456 e. The minimum atomic E-state index is -2.45. The molecule has 17 heteroatoms. The molecule has 0 spiro atoms. The number of hydrogen-bond donors (Lipinski definition) is 4. The number of fused-ring (bicyclic) bond motifs is 5. The molecule has 324 valence electrons. The number of ketones is 1. The second kappa shape index (κ2) is 16.4. The lowest BCUT2D eigenvalue weighted by atomic mass is 9.46. The van der Waals surface area contributed by atoms with E-state index >= 15 is 4.79 Å². The monoisotopic (exact) mass is 845 g/mol. The van der Waals surface area contributed by atoms with E-state index in [2.05, 4.69) is 5.32 Å². The van der Waals surface area contributed by atoms with Crippen LogP contribution in [0.2, 0.25) is 0 Å². The molecule has 4 aliphatic rings. The molecule has 2 saturated carbocycles. The van der Waals surface area contributed by atoms with Crippen molar-refractivity contribution in [2.24, 2.45) is 16.7 Å². The molecule has 5 rings (SSSR count). The number of allylic oxidation sites excluding steroid dienone is 1. The summed E-state index contributed by atoms with van der Waals surface area (Å²) in [6, 6.07) is 6.46. The number of rotatable bonds is 9. The molecule has 1 aliphatic heterocycles. The fourth-order valence-electron chi connectivity index (χ4n) is 8.94. The first-order valence-corrected chi connectivity index (χ1v) is 20.2. The summed E-state index contributed by atoms with van der Waals surface area (Å²) < 4.78 is 23.4. The molecule has 4 N–H and O–H groups in total. The molecular formula is C42H55NO15S. The van der Waals surface area contributed by atoms with Crippen LogP contribution in [-0.2, 0) is 47.9 Å². The summed E-state index contributed by atoms with van der Waals surface area (Å²) >= 11 is 0.952. The highest BCUT2D eigenvalue weighted by molar-refractivity contribution is 8.14. The second-order valence-electron chi connectivity index (χ2n) is 17.7. The lowest BCUT2D eigenvalue weighted by molar-refractivity contribution is -0.595. The minimum absolute atomic E-state index is 0.0310. The van der Waals surface area contributed by atoms with Gasteiger partial charge < -0.3 is 39.6 Å². The highest BCUT2D eigenvalue weighted by Crippen LogP contribution is 2.64. The van der Waals surface area contributed by atoms with E-state index in [9.17, 15) is 39.3 Å².